The van der Waals surface area contributed by atoms with Crippen molar-refractivity contribution in [3.8, 4) is 11.8 Å². The Balaban J connectivity index is 2.88. The van der Waals surface area contributed by atoms with Crippen molar-refractivity contribution < 1.29 is 14.3 Å². The zero-order chi connectivity index (χ0) is 12.0. The normalized spacial score (nSPS) is 8.88. The van der Waals surface area contributed by atoms with Crippen molar-refractivity contribution in [2.45, 2.75) is 13.3 Å². The molecular formula is C13H12O3. The number of esters is 1. The highest BCUT2D eigenvalue weighted by Crippen LogP contribution is 2.07. The molecule has 0 aliphatic rings. The first-order chi connectivity index (χ1) is 7.65. The van der Waals surface area contributed by atoms with E-state index in [0.29, 0.717) is 11.1 Å². The van der Waals surface area contributed by atoms with Gasteiger partial charge in [-0.2, -0.15) is 0 Å². The van der Waals surface area contributed by atoms with Crippen LogP contribution in [0.3, 0.4) is 0 Å². The number of Topliss-reactive ketones (excluding diaryl/α,β-unsaturated/α-hetero) is 1. The van der Waals surface area contributed by atoms with E-state index in [-0.39, 0.29) is 18.2 Å². The fourth-order valence-electron chi connectivity index (χ4n) is 1.18. The van der Waals surface area contributed by atoms with E-state index < -0.39 is 0 Å². The second kappa shape index (κ2) is 5.72. The molecule has 1 rings (SSSR count). The molecule has 0 amide bonds. The second-order valence-corrected chi connectivity index (χ2v) is 3.16. The summed E-state index contributed by atoms with van der Waals surface area (Å²) in [5.41, 5.74) is 1.21. The highest BCUT2D eigenvalue weighted by molar-refractivity contribution is 5.96. The molecule has 0 N–H and O–H groups in total. The van der Waals surface area contributed by atoms with Crippen molar-refractivity contribution >= 4 is 11.8 Å². The van der Waals surface area contributed by atoms with E-state index in [9.17, 15) is 9.59 Å². The minimum absolute atomic E-state index is 0.0305. The van der Waals surface area contributed by atoms with Crippen LogP contribution in [0.2, 0.25) is 0 Å². The van der Waals surface area contributed by atoms with Crippen LogP contribution in [0.4, 0.5) is 0 Å². The fraction of sp³-hybridized carbons (Fsp3) is 0.231. The molecule has 82 valence electrons. The zero-order valence-electron chi connectivity index (χ0n) is 9.24. The van der Waals surface area contributed by atoms with Gasteiger partial charge in [0.15, 0.2) is 5.78 Å². The van der Waals surface area contributed by atoms with Crippen LogP contribution in [0, 0.1) is 11.8 Å². The Hall–Kier alpha value is -2.08. The summed E-state index contributed by atoms with van der Waals surface area (Å²) in [6, 6.07) is 7.04. The van der Waals surface area contributed by atoms with Crippen molar-refractivity contribution in [2.75, 3.05) is 7.11 Å². The second-order valence-electron chi connectivity index (χ2n) is 3.16. The Morgan fingerprint density at radius 2 is 2.00 bits per heavy atom. The number of hydrogen-bond donors (Lipinski definition) is 0. The number of carbonyl (C=O) groups excluding carboxylic acids is 2. The quantitative estimate of drug-likeness (QED) is 0.430. The van der Waals surface area contributed by atoms with Crippen LogP contribution in [-0.4, -0.2) is 18.9 Å². The van der Waals surface area contributed by atoms with E-state index in [2.05, 4.69) is 16.6 Å². The Labute approximate surface area is 94.4 Å². The number of methoxy groups -OCH3 is 1. The van der Waals surface area contributed by atoms with E-state index in [0.717, 1.165) is 0 Å². The third-order valence-electron chi connectivity index (χ3n) is 1.99. The van der Waals surface area contributed by atoms with Gasteiger partial charge in [-0.3, -0.25) is 9.59 Å². The highest BCUT2D eigenvalue weighted by Gasteiger charge is 2.03. The third-order valence-corrected chi connectivity index (χ3v) is 1.99. The maximum atomic E-state index is 11.3. The SMILES string of the molecule is COC(=O)CC#Cc1ccccc1C(C)=O. The molecule has 0 saturated heterocycles. The lowest BCUT2D eigenvalue weighted by atomic mass is 10.0. The van der Waals surface area contributed by atoms with Gasteiger partial charge in [0, 0.05) is 11.1 Å². The van der Waals surface area contributed by atoms with Gasteiger partial charge in [0.25, 0.3) is 0 Å². The van der Waals surface area contributed by atoms with Crippen LogP contribution in [0.1, 0.15) is 29.3 Å². The predicted octanol–water partition coefficient (Wildman–Crippen LogP) is 1.80. The lowest BCUT2D eigenvalue weighted by Crippen LogP contribution is -1.98. The van der Waals surface area contributed by atoms with Crippen LogP contribution in [0.25, 0.3) is 0 Å². The third kappa shape index (κ3) is 3.25. The van der Waals surface area contributed by atoms with Gasteiger partial charge >= 0.3 is 5.97 Å². The molecule has 1 aromatic carbocycles. The summed E-state index contributed by atoms with van der Waals surface area (Å²) in [6.07, 6.45) is 0.0305. The molecule has 0 saturated carbocycles. The van der Waals surface area contributed by atoms with Crippen LogP contribution < -0.4 is 0 Å². The van der Waals surface area contributed by atoms with Crippen molar-refractivity contribution in [3.63, 3.8) is 0 Å². The summed E-state index contributed by atoms with van der Waals surface area (Å²) in [4.78, 5) is 22.1. The number of carbonyl (C=O) groups is 2. The van der Waals surface area contributed by atoms with Gasteiger partial charge in [-0.15, -0.1) is 0 Å². The topological polar surface area (TPSA) is 43.4 Å². The Kier molecular flexibility index (Phi) is 4.28. The molecule has 0 aliphatic carbocycles. The van der Waals surface area contributed by atoms with Gasteiger partial charge < -0.3 is 4.74 Å². The molecule has 0 aliphatic heterocycles. The van der Waals surface area contributed by atoms with Crippen LogP contribution >= 0.6 is 0 Å². The molecule has 3 heteroatoms. The molecule has 0 spiro atoms. The Bertz CT molecular complexity index is 464. The number of hydrogen-bond acceptors (Lipinski definition) is 3. The predicted molar refractivity (Wildman–Crippen MR) is 60.0 cm³/mol. The maximum absolute atomic E-state index is 11.3. The van der Waals surface area contributed by atoms with Gasteiger partial charge in [-0.1, -0.05) is 30.0 Å². The van der Waals surface area contributed by atoms with Crippen LogP contribution in [0.15, 0.2) is 24.3 Å². The molecular weight excluding hydrogens is 204 g/mol. The average molecular weight is 216 g/mol. The van der Waals surface area contributed by atoms with Crippen molar-refractivity contribution in [1.82, 2.24) is 0 Å². The van der Waals surface area contributed by atoms with E-state index >= 15 is 0 Å². The summed E-state index contributed by atoms with van der Waals surface area (Å²) in [7, 11) is 1.31. The fourth-order valence-corrected chi connectivity index (χ4v) is 1.18. The summed E-state index contributed by atoms with van der Waals surface area (Å²) in [5, 5.41) is 0. The van der Waals surface area contributed by atoms with E-state index in [1.54, 1.807) is 24.3 Å². The smallest absolute Gasteiger partial charge is 0.317 e. The number of benzene rings is 1. The van der Waals surface area contributed by atoms with E-state index in [1.165, 1.54) is 14.0 Å². The Morgan fingerprint density at radius 1 is 1.31 bits per heavy atom. The molecule has 0 radical (unpaired) electrons. The summed E-state index contributed by atoms with van der Waals surface area (Å²) in [6.45, 7) is 1.49. The molecule has 0 aromatic heterocycles. The van der Waals surface area contributed by atoms with Crippen molar-refractivity contribution in [1.29, 1.82) is 0 Å². The van der Waals surface area contributed by atoms with Gasteiger partial charge in [0.05, 0.1) is 7.11 Å². The molecule has 0 bridgehead atoms. The highest BCUT2D eigenvalue weighted by atomic mass is 16.5. The Morgan fingerprint density at radius 3 is 2.62 bits per heavy atom. The van der Waals surface area contributed by atoms with Gasteiger partial charge in [0.2, 0.25) is 0 Å². The lowest BCUT2D eigenvalue weighted by Gasteiger charge is -1.98. The average Bonchev–Trinajstić information content (AvgIpc) is 2.29. The van der Waals surface area contributed by atoms with E-state index in [1.807, 2.05) is 0 Å². The van der Waals surface area contributed by atoms with Gasteiger partial charge in [0.1, 0.15) is 6.42 Å². The lowest BCUT2D eigenvalue weighted by molar-refractivity contribution is -0.139. The van der Waals surface area contributed by atoms with Crippen molar-refractivity contribution in [3.05, 3.63) is 35.4 Å². The van der Waals surface area contributed by atoms with Crippen LogP contribution in [-0.2, 0) is 9.53 Å². The first kappa shape index (κ1) is 12.0. The molecule has 0 atom stereocenters. The van der Waals surface area contributed by atoms with Gasteiger partial charge in [-0.25, -0.2) is 0 Å². The number of rotatable bonds is 2. The molecule has 0 unspecified atom stereocenters. The molecule has 3 nitrogen and oxygen atoms in total. The van der Waals surface area contributed by atoms with Crippen LogP contribution in [0.5, 0.6) is 0 Å². The first-order valence-electron chi connectivity index (χ1n) is 4.81. The number of ether oxygens (including phenoxy) is 1. The first-order valence-corrected chi connectivity index (χ1v) is 4.81. The largest absolute Gasteiger partial charge is 0.468 e. The zero-order valence-corrected chi connectivity index (χ0v) is 9.24. The summed E-state index contributed by atoms with van der Waals surface area (Å²) in [5.74, 6) is 5.04. The van der Waals surface area contributed by atoms with Gasteiger partial charge in [-0.05, 0) is 13.0 Å². The summed E-state index contributed by atoms with van der Waals surface area (Å²) < 4.78 is 4.46. The molecule has 0 heterocycles. The number of ketones is 1. The minimum Gasteiger partial charge on any atom is -0.468 e. The monoisotopic (exact) mass is 216 g/mol. The molecule has 0 fully saturated rings. The van der Waals surface area contributed by atoms with E-state index in [4.69, 9.17) is 0 Å². The molecule has 16 heavy (non-hydrogen) atoms. The summed E-state index contributed by atoms with van der Waals surface area (Å²) >= 11 is 0. The standard InChI is InChI=1S/C13H12O3/c1-10(14)12-8-4-3-6-11(12)7-5-9-13(15)16-2/h3-4,6,8H,9H2,1-2H3. The maximum Gasteiger partial charge on any atom is 0.317 e. The minimum atomic E-state index is -0.382. The van der Waals surface area contributed by atoms with Crippen molar-refractivity contribution in [2.24, 2.45) is 0 Å². The molecule has 1 aromatic rings.